The maximum atomic E-state index is 12.8. The van der Waals surface area contributed by atoms with Gasteiger partial charge in [-0.15, -0.1) is 0 Å². The maximum Gasteiger partial charge on any atom is 0.338 e. The van der Waals surface area contributed by atoms with Crippen molar-refractivity contribution in [1.82, 2.24) is 19.9 Å². The monoisotopic (exact) mass is 610 g/mol. The fourth-order valence-electron chi connectivity index (χ4n) is 6.28. The van der Waals surface area contributed by atoms with Crippen molar-refractivity contribution in [3.63, 3.8) is 0 Å². The number of benzene rings is 3. The predicted octanol–water partition coefficient (Wildman–Crippen LogP) is 9.83. The molecule has 6 aromatic rings. The van der Waals surface area contributed by atoms with Crippen LogP contribution in [0.5, 0.6) is 0 Å². The van der Waals surface area contributed by atoms with Crippen LogP contribution in [0.1, 0.15) is 40.1 Å². The molecule has 8 bridgehead atoms. The van der Waals surface area contributed by atoms with E-state index in [0.29, 0.717) is 12.2 Å². The van der Waals surface area contributed by atoms with Crippen LogP contribution >= 0.6 is 0 Å². The zero-order valence-electron chi connectivity index (χ0n) is 25.7. The van der Waals surface area contributed by atoms with Crippen LogP contribution in [0, 0.1) is 0 Å². The summed E-state index contributed by atoms with van der Waals surface area (Å²) in [6.45, 7) is 2.12. The van der Waals surface area contributed by atoms with Crippen LogP contribution < -0.4 is 0 Å². The summed E-state index contributed by atoms with van der Waals surface area (Å²) in [6, 6.07) is 38.5. The Labute approximate surface area is 271 Å². The van der Waals surface area contributed by atoms with E-state index in [-0.39, 0.29) is 5.97 Å². The van der Waals surface area contributed by atoms with Crippen LogP contribution in [0.4, 0.5) is 0 Å². The molecule has 0 saturated heterocycles. The van der Waals surface area contributed by atoms with Gasteiger partial charge in [-0.1, -0.05) is 72.8 Å². The van der Waals surface area contributed by atoms with Crippen LogP contribution in [0.3, 0.4) is 0 Å². The molecule has 6 nitrogen and oxygen atoms in total. The largest absolute Gasteiger partial charge is 0.462 e. The standard InChI is InChI=1S/C41H30N4O2/c1-2-47-41(46)29-15-9-14-28(24-29)40-36-22-20-34(44-36)38(26-10-5-3-6-11-26)32-18-16-30(42-32)25-31-17-19-33(43-31)39(27-12-7-4-8-13-27)35-21-23-37(40)45-35/h3-25,42,45H,2H2,1H3. The molecular weight excluding hydrogens is 580 g/mol. The second-order valence-electron chi connectivity index (χ2n) is 11.4. The Morgan fingerprint density at radius 3 is 1.79 bits per heavy atom. The summed E-state index contributed by atoms with van der Waals surface area (Å²) in [5.74, 6) is -0.358. The molecule has 5 heterocycles. The lowest BCUT2D eigenvalue weighted by atomic mass is 10.0. The van der Waals surface area contributed by atoms with Gasteiger partial charge < -0.3 is 14.7 Å². The van der Waals surface area contributed by atoms with Crippen LogP contribution in [0.2, 0.25) is 0 Å². The van der Waals surface area contributed by atoms with Crippen LogP contribution in [-0.4, -0.2) is 32.5 Å². The summed E-state index contributed by atoms with van der Waals surface area (Å²) in [4.78, 5) is 30.5. The molecule has 2 N–H and O–H groups in total. The van der Waals surface area contributed by atoms with Gasteiger partial charge in [0.2, 0.25) is 0 Å². The lowest BCUT2D eigenvalue weighted by molar-refractivity contribution is 0.0526. The lowest BCUT2D eigenvalue weighted by Crippen LogP contribution is -2.04. The molecule has 0 amide bonds. The predicted molar refractivity (Wildman–Crippen MR) is 191 cm³/mol. The van der Waals surface area contributed by atoms with E-state index >= 15 is 0 Å². The number of nitrogens with one attached hydrogen (secondary N) is 2. The Kier molecular flexibility index (Phi) is 7.15. The molecule has 3 aromatic carbocycles. The highest BCUT2D eigenvalue weighted by molar-refractivity contribution is 5.99. The van der Waals surface area contributed by atoms with Gasteiger partial charge in [-0.25, -0.2) is 14.8 Å². The third kappa shape index (κ3) is 5.36. The number of hydrogen-bond donors (Lipinski definition) is 2. The average Bonchev–Trinajstić information content (AvgIpc) is 3.93. The molecule has 226 valence electrons. The van der Waals surface area contributed by atoms with E-state index in [1.807, 2.05) is 73.7 Å². The van der Waals surface area contributed by atoms with E-state index in [1.165, 1.54) is 0 Å². The van der Waals surface area contributed by atoms with Crippen LogP contribution in [0.15, 0.2) is 115 Å². The number of fused-ring (bicyclic) bond motifs is 8. The minimum absolute atomic E-state index is 0.305. The van der Waals surface area contributed by atoms with Crippen LogP contribution in [-0.2, 0) is 4.74 Å². The van der Waals surface area contributed by atoms with Crippen molar-refractivity contribution < 1.29 is 9.53 Å². The zero-order chi connectivity index (χ0) is 31.7. The Balaban J connectivity index is 1.51. The van der Waals surface area contributed by atoms with Gasteiger partial charge in [0.05, 0.1) is 34.9 Å². The van der Waals surface area contributed by atoms with Crippen molar-refractivity contribution in [2.45, 2.75) is 6.92 Å². The second kappa shape index (κ2) is 11.9. The first-order valence-corrected chi connectivity index (χ1v) is 15.7. The quantitative estimate of drug-likeness (QED) is 0.190. The Hall–Kier alpha value is -6.27. The van der Waals surface area contributed by atoms with Gasteiger partial charge in [-0.05, 0) is 90.4 Å². The number of nitrogens with zero attached hydrogens (tertiary/aromatic N) is 2. The first-order valence-electron chi connectivity index (χ1n) is 15.7. The molecule has 0 aliphatic carbocycles. The number of rotatable bonds is 5. The summed E-state index contributed by atoms with van der Waals surface area (Å²) in [7, 11) is 0. The van der Waals surface area contributed by atoms with Crippen molar-refractivity contribution in [2.75, 3.05) is 6.61 Å². The molecule has 2 aliphatic rings. The molecule has 8 rings (SSSR count). The van der Waals surface area contributed by atoms with Crippen molar-refractivity contribution in [3.05, 3.63) is 144 Å². The fraction of sp³-hybridized carbons (Fsp3) is 0.0488. The summed E-state index contributed by atoms with van der Waals surface area (Å²) in [6.07, 6.45) is 8.22. The Morgan fingerprint density at radius 1 is 0.574 bits per heavy atom. The maximum absolute atomic E-state index is 12.8. The molecule has 0 saturated carbocycles. The molecule has 0 fully saturated rings. The summed E-state index contributed by atoms with van der Waals surface area (Å²) >= 11 is 0. The zero-order valence-corrected chi connectivity index (χ0v) is 25.7. The average molecular weight is 611 g/mol. The first-order chi connectivity index (χ1) is 23.1. The Morgan fingerprint density at radius 2 is 1.13 bits per heavy atom. The molecule has 0 atom stereocenters. The lowest BCUT2D eigenvalue weighted by Gasteiger charge is -2.08. The van der Waals surface area contributed by atoms with Gasteiger partial charge in [0.1, 0.15) is 0 Å². The number of carbonyl (C=O) groups excluding carboxylic acids is 1. The SMILES string of the molecule is CCOC(=O)c1cccc(-c2c3nc(c(-c4ccccc4)c4ccc(cc5nc(c(-c6ccccc6)c6ccc2[nH]6)C=C5)[nH]4)C=C3)c1. The molecular formula is C41H30N4O2. The number of ether oxygens (including phenoxy) is 1. The van der Waals surface area contributed by atoms with E-state index < -0.39 is 0 Å². The normalized spacial score (nSPS) is 11.9. The van der Waals surface area contributed by atoms with Gasteiger partial charge in [0.25, 0.3) is 0 Å². The fourth-order valence-corrected chi connectivity index (χ4v) is 6.28. The van der Waals surface area contributed by atoms with E-state index in [0.717, 1.165) is 78.2 Å². The third-order valence-electron chi connectivity index (χ3n) is 8.36. The summed E-state index contributed by atoms with van der Waals surface area (Å²) in [5.41, 5.74) is 13.3. The van der Waals surface area contributed by atoms with Gasteiger partial charge in [0, 0.05) is 38.8 Å². The van der Waals surface area contributed by atoms with E-state index in [1.54, 1.807) is 6.07 Å². The smallest absolute Gasteiger partial charge is 0.338 e. The van der Waals surface area contributed by atoms with E-state index in [9.17, 15) is 4.79 Å². The van der Waals surface area contributed by atoms with E-state index in [4.69, 9.17) is 14.7 Å². The molecule has 3 aromatic heterocycles. The van der Waals surface area contributed by atoms with Gasteiger partial charge >= 0.3 is 5.97 Å². The molecule has 0 radical (unpaired) electrons. The third-order valence-corrected chi connectivity index (χ3v) is 8.36. The highest BCUT2D eigenvalue weighted by atomic mass is 16.5. The van der Waals surface area contributed by atoms with Crippen molar-refractivity contribution in [2.24, 2.45) is 0 Å². The molecule has 2 aliphatic heterocycles. The van der Waals surface area contributed by atoms with Crippen molar-refractivity contribution in [3.8, 4) is 33.4 Å². The summed E-state index contributed by atoms with van der Waals surface area (Å²) < 4.78 is 5.35. The highest BCUT2D eigenvalue weighted by Gasteiger charge is 2.18. The molecule has 6 heteroatoms. The number of aromatic amines is 2. The van der Waals surface area contributed by atoms with Gasteiger partial charge in [-0.2, -0.15) is 0 Å². The van der Waals surface area contributed by atoms with E-state index in [2.05, 4.69) is 76.7 Å². The number of aromatic nitrogens is 4. The molecule has 47 heavy (non-hydrogen) atoms. The van der Waals surface area contributed by atoms with Crippen LogP contribution in [0.25, 0.3) is 79.8 Å². The second-order valence-corrected chi connectivity index (χ2v) is 11.4. The minimum Gasteiger partial charge on any atom is -0.462 e. The number of hydrogen-bond acceptors (Lipinski definition) is 4. The number of H-pyrrole nitrogens is 2. The van der Waals surface area contributed by atoms with Crippen molar-refractivity contribution >= 4 is 52.3 Å². The van der Waals surface area contributed by atoms with Gasteiger partial charge in [-0.3, -0.25) is 0 Å². The Bertz CT molecular complexity index is 2340. The number of carbonyl (C=O) groups is 1. The summed E-state index contributed by atoms with van der Waals surface area (Å²) in [5, 5.41) is 0. The highest BCUT2D eigenvalue weighted by Crippen LogP contribution is 2.36. The minimum atomic E-state index is -0.358. The first kappa shape index (κ1) is 28.2. The molecule has 0 unspecified atom stereocenters. The number of esters is 1. The molecule has 0 spiro atoms. The van der Waals surface area contributed by atoms with Gasteiger partial charge in [0.15, 0.2) is 0 Å². The van der Waals surface area contributed by atoms with Crippen molar-refractivity contribution in [1.29, 1.82) is 0 Å². The topological polar surface area (TPSA) is 83.7 Å².